The maximum absolute atomic E-state index is 11.3. The van der Waals surface area contributed by atoms with E-state index < -0.39 is 11.5 Å². The van der Waals surface area contributed by atoms with Crippen LogP contribution in [0.1, 0.15) is 25.8 Å². The highest BCUT2D eigenvalue weighted by Crippen LogP contribution is 2.33. The van der Waals surface area contributed by atoms with Crippen molar-refractivity contribution in [2.45, 2.75) is 32.2 Å². The fourth-order valence-electron chi connectivity index (χ4n) is 2.10. The molecule has 0 fully saturated rings. The van der Waals surface area contributed by atoms with Gasteiger partial charge in [-0.15, -0.1) is 0 Å². The van der Waals surface area contributed by atoms with E-state index in [0.717, 1.165) is 5.56 Å². The molecule has 2 N–H and O–H groups in total. The van der Waals surface area contributed by atoms with E-state index in [1.807, 2.05) is 12.1 Å². The highest BCUT2D eigenvalue weighted by molar-refractivity contribution is 5.85. The quantitative estimate of drug-likeness (QED) is 0.849. The first kappa shape index (κ1) is 14.2. The number of benzene rings is 1. The zero-order valence-electron chi connectivity index (χ0n) is 11.4. The first-order chi connectivity index (χ1) is 9.40. The number of rotatable bonds is 5. The largest absolute Gasteiger partial charge is 0.480 e. The van der Waals surface area contributed by atoms with Crippen LogP contribution in [0.5, 0.6) is 11.5 Å². The predicted octanol–water partition coefficient (Wildman–Crippen LogP) is 1.33. The van der Waals surface area contributed by atoms with Crippen LogP contribution in [-0.2, 0) is 16.0 Å². The van der Waals surface area contributed by atoms with Crippen molar-refractivity contribution >= 4 is 11.9 Å². The van der Waals surface area contributed by atoms with E-state index in [9.17, 15) is 14.7 Å². The number of fused-ring (bicyclic) bond motifs is 1. The Kier molecular flexibility index (Phi) is 3.83. The molecule has 1 amide bonds. The molecule has 2 rings (SSSR count). The fraction of sp³-hybridized carbons (Fsp3) is 0.429. The van der Waals surface area contributed by atoms with Crippen LogP contribution in [-0.4, -0.2) is 29.3 Å². The van der Waals surface area contributed by atoms with Crippen LogP contribution >= 0.6 is 0 Å². The van der Waals surface area contributed by atoms with Gasteiger partial charge < -0.3 is 19.9 Å². The van der Waals surface area contributed by atoms with Gasteiger partial charge in [0.15, 0.2) is 11.5 Å². The number of nitrogens with one attached hydrogen (secondary N) is 1. The molecule has 0 aromatic heterocycles. The molecule has 0 spiro atoms. The maximum atomic E-state index is 11.3. The van der Waals surface area contributed by atoms with E-state index in [0.29, 0.717) is 24.3 Å². The molecule has 0 saturated carbocycles. The molecular formula is C14H17NO5. The molecule has 1 aromatic rings. The second kappa shape index (κ2) is 5.40. The Hall–Kier alpha value is -2.24. The van der Waals surface area contributed by atoms with Crippen molar-refractivity contribution < 1.29 is 24.2 Å². The summed E-state index contributed by atoms with van der Waals surface area (Å²) in [6.07, 6.45) is 0.807. The smallest absolute Gasteiger partial charge is 0.329 e. The lowest BCUT2D eigenvalue weighted by molar-refractivity contribution is -0.146. The normalized spacial score (nSPS) is 15.5. The second-order valence-corrected chi connectivity index (χ2v) is 5.01. The first-order valence-electron chi connectivity index (χ1n) is 6.31. The molecule has 1 atom stereocenters. The molecule has 6 nitrogen and oxygen atoms in total. The molecule has 1 heterocycles. The Morgan fingerprint density at radius 1 is 1.35 bits per heavy atom. The molecule has 0 bridgehead atoms. The number of amides is 1. The molecule has 1 aliphatic heterocycles. The van der Waals surface area contributed by atoms with Gasteiger partial charge in [0.2, 0.25) is 12.7 Å². The molecular weight excluding hydrogens is 262 g/mol. The Bertz CT molecular complexity index is 542. The molecule has 0 saturated heterocycles. The summed E-state index contributed by atoms with van der Waals surface area (Å²) in [6.45, 7) is 3.02. The molecule has 6 heteroatoms. The number of aliphatic carboxylic acids is 1. The third-order valence-corrected chi connectivity index (χ3v) is 3.27. The monoisotopic (exact) mass is 279 g/mol. The van der Waals surface area contributed by atoms with Gasteiger partial charge in [-0.2, -0.15) is 0 Å². The van der Waals surface area contributed by atoms with Crippen LogP contribution in [0, 0.1) is 0 Å². The Morgan fingerprint density at radius 3 is 2.70 bits per heavy atom. The molecule has 1 aromatic carbocycles. The third kappa shape index (κ3) is 3.01. The van der Waals surface area contributed by atoms with Gasteiger partial charge in [-0.25, -0.2) is 4.79 Å². The van der Waals surface area contributed by atoms with Crippen molar-refractivity contribution in [3.63, 3.8) is 0 Å². The SMILES string of the molecule is CC(=O)NC(C)(CCc1ccc2c(c1)OCO2)C(=O)O. The summed E-state index contributed by atoms with van der Waals surface area (Å²) in [4.78, 5) is 22.4. The summed E-state index contributed by atoms with van der Waals surface area (Å²) in [5.41, 5.74) is -0.338. The average Bonchev–Trinajstić information content (AvgIpc) is 2.82. The Morgan fingerprint density at radius 2 is 2.05 bits per heavy atom. The van der Waals surface area contributed by atoms with Gasteiger partial charge in [0, 0.05) is 6.92 Å². The average molecular weight is 279 g/mol. The van der Waals surface area contributed by atoms with Gasteiger partial charge in [-0.05, 0) is 37.5 Å². The highest BCUT2D eigenvalue weighted by atomic mass is 16.7. The third-order valence-electron chi connectivity index (χ3n) is 3.27. The number of hydrogen-bond acceptors (Lipinski definition) is 4. The van der Waals surface area contributed by atoms with E-state index >= 15 is 0 Å². The summed E-state index contributed by atoms with van der Waals surface area (Å²) in [6, 6.07) is 5.50. The summed E-state index contributed by atoms with van der Waals surface area (Å²) in [5, 5.41) is 11.7. The predicted molar refractivity (Wildman–Crippen MR) is 70.7 cm³/mol. The Labute approximate surface area is 116 Å². The molecule has 108 valence electrons. The van der Waals surface area contributed by atoms with E-state index in [1.54, 1.807) is 6.07 Å². The number of carbonyl (C=O) groups is 2. The van der Waals surface area contributed by atoms with Crippen molar-refractivity contribution in [2.75, 3.05) is 6.79 Å². The minimum absolute atomic E-state index is 0.206. The van der Waals surface area contributed by atoms with E-state index in [2.05, 4.69) is 5.32 Å². The first-order valence-corrected chi connectivity index (χ1v) is 6.31. The molecule has 1 unspecified atom stereocenters. The van der Waals surface area contributed by atoms with Gasteiger partial charge in [0.1, 0.15) is 5.54 Å². The summed E-state index contributed by atoms with van der Waals surface area (Å²) < 4.78 is 10.5. The van der Waals surface area contributed by atoms with Crippen LogP contribution in [0.25, 0.3) is 0 Å². The van der Waals surface area contributed by atoms with Crippen LogP contribution in [0.2, 0.25) is 0 Å². The number of carbonyl (C=O) groups excluding carboxylic acids is 1. The van der Waals surface area contributed by atoms with Crippen molar-refractivity contribution in [3.8, 4) is 11.5 Å². The molecule has 0 radical (unpaired) electrons. The van der Waals surface area contributed by atoms with Crippen molar-refractivity contribution in [1.82, 2.24) is 5.32 Å². The standard InChI is InChI=1S/C14H17NO5/c1-9(16)15-14(2,13(17)18)6-5-10-3-4-11-12(7-10)20-8-19-11/h3-4,7H,5-6,8H2,1-2H3,(H,15,16)(H,17,18). The van der Waals surface area contributed by atoms with Gasteiger partial charge in [0.25, 0.3) is 0 Å². The fourth-order valence-corrected chi connectivity index (χ4v) is 2.10. The Balaban J connectivity index is 2.06. The highest BCUT2D eigenvalue weighted by Gasteiger charge is 2.33. The van der Waals surface area contributed by atoms with Crippen molar-refractivity contribution in [2.24, 2.45) is 0 Å². The lowest BCUT2D eigenvalue weighted by atomic mass is 9.93. The van der Waals surface area contributed by atoms with Crippen molar-refractivity contribution in [3.05, 3.63) is 23.8 Å². The van der Waals surface area contributed by atoms with Gasteiger partial charge in [-0.1, -0.05) is 6.07 Å². The molecule has 0 aliphatic carbocycles. The number of hydrogen-bond donors (Lipinski definition) is 2. The van der Waals surface area contributed by atoms with E-state index in [4.69, 9.17) is 9.47 Å². The molecule has 1 aliphatic rings. The van der Waals surface area contributed by atoms with Crippen LogP contribution in [0.3, 0.4) is 0 Å². The summed E-state index contributed by atoms with van der Waals surface area (Å²) in [5.74, 6) is -0.0512. The molecule has 20 heavy (non-hydrogen) atoms. The zero-order chi connectivity index (χ0) is 14.8. The minimum Gasteiger partial charge on any atom is -0.480 e. The minimum atomic E-state index is -1.28. The van der Waals surface area contributed by atoms with Crippen LogP contribution in [0.15, 0.2) is 18.2 Å². The topological polar surface area (TPSA) is 84.9 Å². The van der Waals surface area contributed by atoms with Crippen LogP contribution in [0.4, 0.5) is 0 Å². The summed E-state index contributed by atoms with van der Waals surface area (Å²) >= 11 is 0. The van der Waals surface area contributed by atoms with E-state index in [-0.39, 0.29) is 12.7 Å². The van der Waals surface area contributed by atoms with Crippen LogP contribution < -0.4 is 14.8 Å². The summed E-state index contributed by atoms with van der Waals surface area (Å²) in [7, 11) is 0. The number of carboxylic acids is 1. The number of carboxylic acid groups (broad SMARTS) is 1. The van der Waals surface area contributed by atoms with Gasteiger partial charge in [0.05, 0.1) is 0 Å². The lowest BCUT2D eigenvalue weighted by Gasteiger charge is -2.25. The van der Waals surface area contributed by atoms with Crippen molar-refractivity contribution in [1.29, 1.82) is 0 Å². The number of ether oxygens (including phenoxy) is 2. The van der Waals surface area contributed by atoms with Gasteiger partial charge >= 0.3 is 5.97 Å². The van der Waals surface area contributed by atoms with E-state index in [1.165, 1.54) is 13.8 Å². The second-order valence-electron chi connectivity index (χ2n) is 5.01. The van der Waals surface area contributed by atoms with Gasteiger partial charge in [-0.3, -0.25) is 4.79 Å². The number of aryl methyl sites for hydroxylation is 1. The maximum Gasteiger partial charge on any atom is 0.329 e. The zero-order valence-corrected chi connectivity index (χ0v) is 11.4. The lowest BCUT2D eigenvalue weighted by Crippen LogP contribution is -2.51.